The highest BCUT2D eigenvalue weighted by Crippen LogP contribution is 2.20. The first kappa shape index (κ1) is 18.1. The van der Waals surface area contributed by atoms with Gasteiger partial charge in [-0.15, -0.1) is 0 Å². The number of aryl methyl sites for hydroxylation is 2. The van der Waals surface area contributed by atoms with E-state index < -0.39 is 0 Å². The van der Waals surface area contributed by atoms with Crippen molar-refractivity contribution in [1.82, 2.24) is 10.2 Å². The molecule has 0 aliphatic heterocycles. The molecule has 0 saturated carbocycles. The van der Waals surface area contributed by atoms with E-state index >= 15 is 0 Å². The molecular weight excluding hydrogens is 260 g/mol. The lowest BCUT2D eigenvalue weighted by Gasteiger charge is -2.27. The third kappa shape index (κ3) is 6.16. The molecule has 0 fully saturated rings. The van der Waals surface area contributed by atoms with Gasteiger partial charge in [0.1, 0.15) is 0 Å². The molecule has 3 heteroatoms. The van der Waals surface area contributed by atoms with Crippen molar-refractivity contribution in [3.8, 4) is 0 Å². The Morgan fingerprint density at radius 3 is 2.33 bits per heavy atom. The van der Waals surface area contributed by atoms with E-state index in [0.29, 0.717) is 12.1 Å². The molecule has 0 aliphatic rings. The van der Waals surface area contributed by atoms with Gasteiger partial charge in [-0.25, -0.2) is 0 Å². The van der Waals surface area contributed by atoms with E-state index in [1.165, 1.54) is 16.7 Å². The third-order valence-corrected chi connectivity index (χ3v) is 4.03. The SMILES string of the molecule is CCNC(CCN(C)C(C)COC)c1cc(C)cc(C)c1. The molecule has 0 bridgehead atoms. The van der Waals surface area contributed by atoms with Crippen LogP contribution in [-0.2, 0) is 4.74 Å². The Bertz CT molecular complexity index is 399. The zero-order chi connectivity index (χ0) is 15.8. The summed E-state index contributed by atoms with van der Waals surface area (Å²) in [6.07, 6.45) is 1.11. The van der Waals surface area contributed by atoms with Crippen molar-refractivity contribution in [2.75, 3.05) is 33.9 Å². The molecular formula is C18H32N2O. The van der Waals surface area contributed by atoms with E-state index in [2.05, 4.69) is 63.2 Å². The van der Waals surface area contributed by atoms with Crippen molar-refractivity contribution < 1.29 is 4.74 Å². The number of hydrogen-bond donors (Lipinski definition) is 1. The molecule has 1 aromatic carbocycles. The second kappa shape index (κ2) is 9.19. The van der Waals surface area contributed by atoms with Crippen LogP contribution in [0.1, 0.15) is 43.0 Å². The molecule has 3 nitrogen and oxygen atoms in total. The lowest BCUT2D eigenvalue weighted by atomic mass is 9.98. The molecule has 0 aromatic heterocycles. The molecule has 0 saturated heterocycles. The van der Waals surface area contributed by atoms with Crippen molar-refractivity contribution in [2.24, 2.45) is 0 Å². The maximum atomic E-state index is 5.24. The lowest BCUT2D eigenvalue weighted by molar-refractivity contribution is 0.113. The fourth-order valence-corrected chi connectivity index (χ4v) is 2.77. The van der Waals surface area contributed by atoms with Crippen molar-refractivity contribution >= 4 is 0 Å². The molecule has 0 spiro atoms. The number of benzene rings is 1. The standard InChI is InChI=1S/C18H32N2O/c1-7-19-18(8-9-20(5)16(4)13-21-6)17-11-14(2)10-15(3)12-17/h10-12,16,18-19H,7-9,13H2,1-6H3. The second-order valence-corrected chi connectivity index (χ2v) is 6.10. The summed E-state index contributed by atoms with van der Waals surface area (Å²) in [5.41, 5.74) is 4.09. The van der Waals surface area contributed by atoms with Crippen LogP contribution in [0.2, 0.25) is 0 Å². The third-order valence-electron chi connectivity index (χ3n) is 4.03. The average Bonchev–Trinajstić information content (AvgIpc) is 2.42. The van der Waals surface area contributed by atoms with Crippen molar-refractivity contribution in [3.05, 3.63) is 34.9 Å². The number of rotatable bonds is 9. The Kier molecular flexibility index (Phi) is 7.94. The first-order valence-electron chi connectivity index (χ1n) is 7.98. The second-order valence-electron chi connectivity index (χ2n) is 6.10. The van der Waals surface area contributed by atoms with E-state index in [9.17, 15) is 0 Å². The number of ether oxygens (including phenoxy) is 1. The van der Waals surface area contributed by atoms with Crippen LogP contribution in [-0.4, -0.2) is 44.8 Å². The first-order chi connectivity index (χ1) is 9.97. The Labute approximate surface area is 130 Å². The number of nitrogens with one attached hydrogen (secondary N) is 1. The molecule has 2 atom stereocenters. The highest BCUT2D eigenvalue weighted by atomic mass is 16.5. The summed E-state index contributed by atoms with van der Waals surface area (Å²) in [5.74, 6) is 0. The van der Waals surface area contributed by atoms with Gasteiger partial charge in [-0.05, 0) is 46.3 Å². The van der Waals surface area contributed by atoms with Gasteiger partial charge in [-0.3, -0.25) is 0 Å². The van der Waals surface area contributed by atoms with Crippen LogP contribution in [0.5, 0.6) is 0 Å². The van der Waals surface area contributed by atoms with Crippen molar-refractivity contribution in [3.63, 3.8) is 0 Å². The van der Waals surface area contributed by atoms with Crippen LogP contribution in [0.3, 0.4) is 0 Å². The van der Waals surface area contributed by atoms with Crippen LogP contribution in [0, 0.1) is 13.8 Å². The maximum Gasteiger partial charge on any atom is 0.0615 e. The van der Waals surface area contributed by atoms with Gasteiger partial charge in [0, 0.05) is 25.7 Å². The molecule has 0 heterocycles. The molecule has 0 amide bonds. The van der Waals surface area contributed by atoms with E-state index in [-0.39, 0.29) is 0 Å². The monoisotopic (exact) mass is 292 g/mol. The molecule has 120 valence electrons. The van der Waals surface area contributed by atoms with Crippen molar-refractivity contribution in [1.29, 1.82) is 0 Å². The highest BCUT2D eigenvalue weighted by Gasteiger charge is 2.14. The summed E-state index contributed by atoms with van der Waals surface area (Å²) in [7, 11) is 3.94. The number of likely N-dealkylation sites (N-methyl/N-ethyl adjacent to an activating group) is 1. The summed E-state index contributed by atoms with van der Waals surface area (Å²) in [5, 5.41) is 3.62. The number of nitrogens with zero attached hydrogens (tertiary/aromatic N) is 1. The van der Waals surface area contributed by atoms with E-state index in [1.807, 2.05) is 0 Å². The summed E-state index contributed by atoms with van der Waals surface area (Å²) in [4.78, 5) is 2.37. The Balaban J connectivity index is 2.69. The molecule has 21 heavy (non-hydrogen) atoms. The van der Waals surface area contributed by atoms with Crippen molar-refractivity contribution in [2.45, 2.75) is 46.2 Å². The zero-order valence-electron chi connectivity index (χ0n) is 14.6. The summed E-state index contributed by atoms with van der Waals surface area (Å²) in [6.45, 7) is 11.6. The van der Waals surface area contributed by atoms with Gasteiger partial charge in [0.2, 0.25) is 0 Å². The predicted molar refractivity (Wildman–Crippen MR) is 90.9 cm³/mol. The van der Waals surface area contributed by atoms with Gasteiger partial charge in [0.15, 0.2) is 0 Å². The van der Waals surface area contributed by atoms with Gasteiger partial charge in [-0.2, -0.15) is 0 Å². The normalized spacial score (nSPS) is 14.4. The van der Waals surface area contributed by atoms with Gasteiger partial charge in [-0.1, -0.05) is 36.2 Å². The molecule has 2 unspecified atom stereocenters. The summed E-state index contributed by atoms with van der Waals surface area (Å²) < 4.78 is 5.24. The van der Waals surface area contributed by atoms with Crippen LogP contribution in [0.4, 0.5) is 0 Å². The minimum atomic E-state index is 0.422. The molecule has 1 aromatic rings. The van der Waals surface area contributed by atoms with Gasteiger partial charge in [0.25, 0.3) is 0 Å². The minimum Gasteiger partial charge on any atom is -0.383 e. The van der Waals surface area contributed by atoms with Gasteiger partial charge >= 0.3 is 0 Å². The molecule has 1 rings (SSSR count). The summed E-state index contributed by atoms with van der Waals surface area (Å²) >= 11 is 0. The van der Waals surface area contributed by atoms with Crippen LogP contribution in [0.25, 0.3) is 0 Å². The lowest BCUT2D eigenvalue weighted by Crippen LogP contribution is -2.35. The number of hydrogen-bond acceptors (Lipinski definition) is 3. The smallest absolute Gasteiger partial charge is 0.0615 e. The van der Waals surface area contributed by atoms with E-state index in [1.54, 1.807) is 7.11 Å². The Morgan fingerprint density at radius 2 is 1.81 bits per heavy atom. The largest absolute Gasteiger partial charge is 0.383 e. The predicted octanol–water partition coefficient (Wildman–Crippen LogP) is 3.31. The van der Waals surface area contributed by atoms with Crippen LogP contribution < -0.4 is 5.32 Å². The zero-order valence-corrected chi connectivity index (χ0v) is 14.6. The van der Waals surface area contributed by atoms with Crippen LogP contribution in [0.15, 0.2) is 18.2 Å². The average molecular weight is 292 g/mol. The van der Waals surface area contributed by atoms with Gasteiger partial charge < -0.3 is 15.0 Å². The molecule has 1 N–H and O–H groups in total. The minimum absolute atomic E-state index is 0.422. The van der Waals surface area contributed by atoms with Crippen LogP contribution >= 0.6 is 0 Å². The fourth-order valence-electron chi connectivity index (χ4n) is 2.77. The topological polar surface area (TPSA) is 24.5 Å². The van der Waals surface area contributed by atoms with E-state index in [0.717, 1.165) is 26.1 Å². The first-order valence-corrected chi connectivity index (χ1v) is 7.98. The molecule has 0 radical (unpaired) electrons. The Morgan fingerprint density at radius 1 is 1.19 bits per heavy atom. The quantitative estimate of drug-likeness (QED) is 0.756. The number of methoxy groups -OCH3 is 1. The highest BCUT2D eigenvalue weighted by molar-refractivity contribution is 5.30. The fraction of sp³-hybridized carbons (Fsp3) is 0.667. The molecule has 0 aliphatic carbocycles. The van der Waals surface area contributed by atoms with E-state index in [4.69, 9.17) is 4.74 Å². The Hall–Kier alpha value is -0.900. The summed E-state index contributed by atoms with van der Waals surface area (Å²) in [6, 6.07) is 7.72. The van der Waals surface area contributed by atoms with Gasteiger partial charge in [0.05, 0.1) is 6.61 Å². The maximum absolute atomic E-state index is 5.24.